The number of nitrogens with one attached hydrogen (secondary N) is 2. The quantitative estimate of drug-likeness (QED) is 0.847. The molecule has 3 heterocycles. The second-order valence-corrected chi connectivity index (χ2v) is 7.55. The van der Waals surface area contributed by atoms with Gasteiger partial charge in [-0.3, -0.25) is 19.8 Å². The van der Waals surface area contributed by atoms with Crippen molar-refractivity contribution in [3.63, 3.8) is 0 Å². The van der Waals surface area contributed by atoms with E-state index in [9.17, 15) is 9.59 Å². The summed E-state index contributed by atoms with van der Waals surface area (Å²) < 4.78 is 0. The van der Waals surface area contributed by atoms with Crippen molar-refractivity contribution in [3.8, 4) is 0 Å². The number of carbonyl (C=O) groups is 2. The molecule has 1 aliphatic rings. The van der Waals surface area contributed by atoms with Gasteiger partial charge in [0.25, 0.3) is 0 Å². The molecule has 0 saturated heterocycles. The summed E-state index contributed by atoms with van der Waals surface area (Å²) in [5.74, 6) is 0.0755. The van der Waals surface area contributed by atoms with Crippen LogP contribution < -0.4 is 10.6 Å². The number of thiazole rings is 1. The van der Waals surface area contributed by atoms with Gasteiger partial charge in [0.2, 0.25) is 17.8 Å². The van der Waals surface area contributed by atoms with E-state index in [0.717, 1.165) is 42.1 Å². The predicted octanol–water partition coefficient (Wildman–Crippen LogP) is 1.84. The van der Waals surface area contributed by atoms with Crippen molar-refractivity contribution in [1.29, 1.82) is 0 Å². The fourth-order valence-corrected chi connectivity index (χ4v) is 3.87. The van der Waals surface area contributed by atoms with Crippen molar-refractivity contribution < 1.29 is 9.59 Å². The molecule has 0 saturated carbocycles. The first kappa shape index (κ1) is 18.4. The lowest BCUT2D eigenvalue weighted by atomic mass is 10.1. The number of nitrogens with zero attached hydrogens (tertiary/aromatic N) is 4. The SMILES string of the molecule is CC(=O)Nc1ncc2c(n1)CCN(Cc1cnc(NC(C)=O)s1)[C@@H](C)C2. The lowest BCUT2D eigenvalue weighted by molar-refractivity contribution is -0.115. The maximum absolute atomic E-state index is 11.2. The van der Waals surface area contributed by atoms with Gasteiger partial charge < -0.3 is 5.32 Å². The Morgan fingerprint density at radius 1 is 1.23 bits per heavy atom. The summed E-state index contributed by atoms with van der Waals surface area (Å²) in [5, 5.41) is 5.99. The summed E-state index contributed by atoms with van der Waals surface area (Å²) in [6, 6.07) is 0.331. The average molecular weight is 374 g/mol. The van der Waals surface area contributed by atoms with E-state index in [1.807, 2.05) is 12.4 Å². The van der Waals surface area contributed by atoms with E-state index < -0.39 is 0 Å². The molecule has 2 aromatic heterocycles. The van der Waals surface area contributed by atoms with E-state index in [-0.39, 0.29) is 11.8 Å². The Hall–Kier alpha value is -2.39. The summed E-state index contributed by atoms with van der Waals surface area (Å²) in [6.07, 6.45) is 5.28. The summed E-state index contributed by atoms with van der Waals surface area (Å²) in [5.41, 5.74) is 2.11. The third-order valence-corrected chi connectivity index (χ3v) is 5.11. The van der Waals surface area contributed by atoms with Gasteiger partial charge in [-0.05, 0) is 18.9 Å². The third kappa shape index (κ3) is 4.61. The minimum Gasteiger partial charge on any atom is -0.302 e. The molecule has 2 aromatic rings. The van der Waals surface area contributed by atoms with Crippen molar-refractivity contribution >= 4 is 34.2 Å². The first-order valence-electron chi connectivity index (χ1n) is 8.49. The molecule has 2 amide bonds. The summed E-state index contributed by atoms with van der Waals surface area (Å²) in [4.78, 5) is 38.8. The van der Waals surface area contributed by atoms with Gasteiger partial charge in [-0.15, -0.1) is 11.3 Å². The van der Waals surface area contributed by atoms with Gasteiger partial charge in [0.15, 0.2) is 5.13 Å². The van der Waals surface area contributed by atoms with Crippen LogP contribution in [-0.4, -0.2) is 44.3 Å². The molecular formula is C17H22N6O2S. The van der Waals surface area contributed by atoms with Gasteiger partial charge in [-0.25, -0.2) is 15.0 Å². The normalized spacial score (nSPS) is 17.3. The highest BCUT2D eigenvalue weighted by atomic mass is 32.1. The second kappa shape index (κ2) is 7.88. The molecule has 0 unspecified atom stereocenters. The zero-order valence-corrected chi connectivity index (χ0v) is 15.9. The minimum atomic E-state index is -0.172. The van der Waals surface area contributed by atoms with Crippen LogP contribution in [0.4, 0.5) is 11.1 Å². The molecule has 0 spiro atoms. The minimum absolute atomic E-state index is 0.113. The molecule has 1 atom stereocenters. The summed E-state index contributed by atoms with van der Waals surface area (Å²) in [7, 11) is 0. The fourth-order valence-electron chi connectivity index (χ4n) is 2.99. The number of carbonyl (C=O) groups excluding carboxylic acids is 2. The first-order valence-corrected chi connectivity index (χ1v) is 9.31. The molecule has 26 heavy (non-hydrogen) atoms. The van der Waals surface area contributed by atoms with Gasteiger partial charge in [0.05, 0.1) is 5.69 Å². The van der Waals surface area contributed by atoms with E-state index in [1.165, 1.54) is 25.2 Å². The number of hydrogen-bond donors (Lipinski definition) is 2. The van der Waals surface area contributed by atoms with Crippen molar-refractivity contribution in [2.45, 2.75) is 46.2 Å². The molecule has 2 N–H and O–H groups in total. The lowest BCUT2D eigenvalue weighted by Crippen LogP contribution is -2.33. The fraction of sp³-hybridized carbons (Fsp3) is 0.471. The monoisotopic (exact) mass is 374 g/mol. The van der Waals surface area contributed by atoms with Crippen LogP contribution in [-0.2, 0) is 29.0 Å². The Kier molecular flexibility index (Phi) is 5.58. The maximum atomic E-state index is 11.2. The van der Waals surface area contributed by atoms with E-state index in [4.69, 9.17) is 0 Å². The van der Waals surface area contributed by atoms with Crippen LogP contribution in [0, 0.1) is 0 Å². The Labute approximate surface area is 156 Å². The van der Waals surface area contributed by atoms with E-state index in [0.29, 0.717) is 17.1 Å². The first-order chi connectivity index (χ1) is 12.4. The highest BCUT2D eigenvalue weighted by molar-refractivity contribution is 7.15. The number of fused-ring (bicyclic) bond motifs is 1. The molecular weight excluding hydrogens is 352 g/mol. The van der Waals surface area contributed by atoms with Gasteiger partial charge in [0, 0.05) is 56.7 Å². The second-order valence-electron chi connectivity index (χ2n) is 6.43. The van der Waals surface area contributed by atoms with Crippen LogP contribution in [0.2, 0.25) is 0 Å². The smallest absolute Gasteiger partial charge is 0.229 e. The predicted molar refractivity (Wildman–Crippen MR) is 100 cm³/mol. The van der Waals surface area contributed by atoms with Crippen molar-refractivity contribution in [1.82, 2.24) is 19.9 Å². The molecule has 0 aliphatic carbocycles. The standard InChI is InChI=1S/C17H22N6O2S/c1-10-6-13-7-18-16(20-11(2)24)22-15(13)4-5-23(10)9-14-8-19-17(26-14)21-12(3)25/h7-8,10H,4-6,9H2,1-3H3,(H,19,21,25)(H,18,20,22,24)/t10-/m0/s1. The van der Waals surface area contributed by atoms with Crippen LogP contribution in [0.3, 0.4) is 0 Å². The number of hydrogen-bond acceptors (Lipinski definition) is 7. The molecule has 0 fully saturated rings. The summed E-state index contributed by atoms with van der Waals surface area (Å²) in [6.45, 7) is 6.75. The van der Waals surface area contributed by atoms with Crippen LogP contribution in [0.25, 0.3) is 0 Å². The highest BCUT2D eigenvalue weighted by Crippen LogP contribution is 2.24. The Morgan fingerprint density at radius 3 is 2.73 bits per heavy atom. The van der Waals surface area contributed by atoms with Crippen molar-refractivity contribution in [2.24, 2.45) is 0 Å². The highest BCUT2D eigenvalue weighted by Gasteiger charge is 2.23. The largest absolute Gasteiger partial charge is 0.302 e. The zero-order chi connectivity index (χ0) is 18.7. The van der Waals surface area contributed by atoms with Crippen LogP contribution in [0.1, 0.15) is 36.9 Å². The maximum Gasteiger partial charge on any atom is 0.229 e. The number of anilines is 2. The lowest BCUT2D eigenvalue weighted by Gasteiger charge is -2.25. The van der Waals surface area contributed by atoms with Crippen LogP contribution in [0.5, 0.6) is 0 Å². The Bertz CT molecular complexity index is 821. The van der Waals surface area contributed by atoms with Gasteiger partial charge >= 0.3 is 0 Å². The van der Waals surface area contributed by atoms with E-state index >= 15 is 0 Å². The Morgan fingerprint density at radius 2 is 2.00 bits per heavy atom. The van der Waals surface area contributed by atoms with Crippen molar-refractivity contribution in [2.75, 3.05) is 17.2 Å². The number of aromatic nitrogens is 3. The summed E-state index contributed by atoms with van der Waals surface area (Å²) >= 11 is 1.50. The average Bonchev–Trinajstić information content (AvgIpc) is 2.92. The van der Waals surface area contributed by atoms with Crippen LogP contribution >= 0.6 is 11.3 Å². The zero-order valence-electron chi connectivity index (χ0n) is 15.1. The van der Waals surface area contributed by atoms with Gasteiger partial charge in [-0.2, -0.15) is 0 Å². The topological polar surface area (TPSA) is 100 Å². The van der Waals surface area contributed by atoms with Gasteiger partial charge in [-0.1, -0.05) is 0 Å². The van der Waals surface area contributed by atoms with E-state index in [2.05, 4.69) is 37.4 Å². The van der Waals surface area contributed by atoms with E-state index in [1.54, 1.807) is 0 Å². The molecule has 3 rings (SSSR count). The number of amides is 2. The van der Waals surface area contributed by atoms with Gasteiger partial charge in [0.1, 0.15) is 0 Å². The third-order valence-electron chi connectivity index (χ3n) is 4.21. The number of rotatable bonds is 4. The molecule has 9 heteroatoms. The van der Waals surface area contributed by atoms with Crippen molar-refractivity contribution in [3.05, 3.63) is 28.5 Å². The Balaban J connectivity index is 1.69. The molecule has 138 valence electrons. The molecule has 0 bridgehead atoms. The molecule has 0 radical (unpaired) electrons. The molecule has 0 aromatic carbocycles. The molecule has 1 aliphatic heterocycles. The molecule has 8 nitrogen and oxygen atoms in total. The van der Waals surface area contributed by atoms with Crippen LogP contribution in [0.15, 0.2) is 12.4 Å².